The zero-order valence-electron chi connectivity index (χ0n) is 11.1. The predicted molar refractivity (Wildman–Crippen MR) is 78.0 cm³/mol. The van der Waals surface area contributed by atoms with E-state index in [0.717, 1.165) is 16.7 Å². The maximum atomic E-state index is 12.6. The van der Waals surface area contributed by atoms with Gasteiger partial charge in [-0.15, -0.1) is 0 Å². The molecule has 1 saturated carbocycles. The Hall–Kier alpha value is -1.13. The van der Waals surface area contributed by atoms with Gasteiger partial charge in [-0.1, -0.05) is 34.1 Å². The molecule has 4 heteroatoms. The van der Waals surface area contributed by atoms with Crippen molar-refractivity contribution in [1.29, 1.82) is 0 Å². The van der Waals surface area contributed by atoms with Crippen LogP contribution in [0.25, 0.3) is 0 Å². The van der Waals surface area contributed by atoms with Crippen molar-refractivity contribution in [1.82, 2.24) is 0 Å². The highest BCUT2D eigenvalue weighted by Gasteiger charge is 2.66. The summed E-state index contributed by atoms with van der Waals surface area (Å²) < 4.78 is 12.0. The van der Waals surface area contributed by atoms with E-state index in [1.165, 1.54) is 5.56 Å². The fourth-order valence-electron chi connectivity index (χ4n) is 3.68. The smallest absolute Gasteiger partial charge is 0.175 e. The molecule has 1 heterocycles. The first kappa shape index (κ1) is 12.6. The number of carbonyl (C=O) groups is 1. The summed E-state index contributed by atoms with van der Waals surface area (Å²) in [5.41, 5.74) is 0.674. The molecule has 20 heavy (non-hydrogen) atoms. The van der Waals surface area contributed by atoms with Gasteiger partial charge in [0, 0.05) is 11.8 Å². The maximum Gasteiger partial charge on any atom is 0.175 e. The molecule has 1 aliphatic heterocycles. The zero-order chi connectivity index (χ0) is 13.9. The van der Waals surface area contributed by atoms with Crippen LogP contribution < -0.4 is 4.74 Å². The number of benzene rings is 1. The lowest BCUT2D eigenvalue weighted by Gasteiger charge is -2.43. The summed E-state index contributed by atoms with van der Waals surface area (Å²) in [6.45, 7) is 0.584. The van der Waals surface area contributed by atoms with Crippen LogP contribution in [-0.2, 0) is 9.53 Å². The van der Waals surface area contributed by atoms with Crippen LogP contribution in [0.5, 0.6) is 5.75 Å². The quantitative estimate of drug-likeness (QED) is 0.780. The molecule has 1 aromatic carbocycles. The van der Waals surface area contributed by atoms with Gasteiger partial charge in [-0.05, 0) is 34.5 Å². The molecule has 3 aliphatic carbocycles. The van der Waals surface area contributed by atoms with Gasteiger partial charge in [-0.2, -0.15) is 0 Å². The van der Waals surface area contributed by atoms with Crippen LogP contribution >= 0.6 is 15.9 Å². The van der Waals surface area contributed by atoms with Crippen LogP contribution in [0.4, 0.5) is 0 Å². The van der Waals surface area contributed by atoms with Crippen LogP contribution in [0.3, 0.4) is 0 Å². The summed E-state index contributed by atoms with van der Waals surface area (Å²) >= 11 is 3.62. The average molecular weight is 335 g/mol. The summed E-state index contributed by atoms with van der Waals surface area (Å²) in [7, 11) is 1.67. The summed E-state index contributed by atoms with van der Waals surface area (Å²) in [5.74, 6) is 1.43. The Balaban J connectivity index is 1.74. The van der Waals surface area contributed by atoms with E-state index in [1.807, 2.05) is 18.2 Å². The van der Waals surface area contributed by atoms with Crippen molar-refractivity contribution in [3.63, 3.8) is 0 Å². The zero-order valence-corrected chi connectivity index (χ0v) is 12.7. The molecular formula is C16H15BrO3. The Kier molecular flexibility index (Phi) is 2.63. The lowest BCUT2D eigenvalue weighted by atomic mass is 9.61. The van der Waals surface area contributed by atoms with Crippen molar-refractivity contribution in [2.75, 3.05) is 13.7 Å². The monoisotopic (exact) mass is 334 g/mol. The SMILES string of the molecule is COc1cccc(C2CC3C(Br)=CC2C(=O)[C@]32CO2)c1. The number of rotatable bonds is 2. The van der Waals surface area contributed by atoms with Gasteiger partial charge in [0.05, 0.1) is 13.7 Å². The molecule has 3 nitrogen and oxygen atoms in total. The van der Waals surface area contributed by atoms with E-state index < -0.39 is 5.60 Å². The number of fused-ring (bicyclic) bond motifs is 1. The molecule has 0 aromatic heterocycles. The molecule has 2 bridgehead atoms. The average Bonchev–Trinajstić information content (AvgIpc) is 3.26. The van der Waals surface area contributed by atoms with Gasteiger partial charge in [0.2, 0.25) is 0 Å². The molecule has 2 fully saturated rings. The van der Waals surface area contributed by atoms with Crippen molar-refractivity contribution in [2.24, 2.45) is 11.8 Å². The molecule has 1 saturated heterocycles. The number of allylic oxidation sites excluding steroid dienone is 1. The molecule has 1 spiro atoms. The minimum absolute atomic E-state index is 0.0796. The standard InChI is InChI=1S/C16H15BrO3/c1-19-10-4-2-3-9(5-10)11-6-13-14(17)7-12(11)15(18)16(13)8-20-16/h2-5,7,11-13H,6,8H2,1H3/t11?,12?,13?,16-/m0/s1. The molecule has 0 amide bonds. The normalized spacial score (nSPS) is 38.0. The lowest BCUT2D eigenvalue weighted by Crippen LogP contribution is -2.49. The van der Waals surface area contributed by atoms with Crippen molar-refractivity contribution < 1.29 is 14.3 Å². The van der Waals surface area contributed by atoms with E-state index in [0.29, 0.717) is 6.61 Å². The number of carbonyl (C=O) groups excluding carboxylic acids is 1. The Labute approximate surface area is 126 Å². The number of hydrogen-bond acceptors (Lipinski definition) is 3. The molecule has 4 atom stereocenters. The fraction of sp³-hybridized carbons (Fsp3) is 0.438. The highest BCUT2D eigenvalue weighted by Crippen LogP contribution is 2.58. The van der Waals surface area contributed by atoms with Crippen LogP contribution in [0.2, 0.25) is 0 Å². The fourth-order valence-corrected chi connectivity index (χ4v) is 4.52. The predicted octanol–water partition coefficient (Wildman–Crippen LogP) is 3.05. The molecule has 4 aliphatic rings. The summed E-state index contributed by atoms with van der Waals surface area (Å²) in [6, 6.07) is 8.05. The minimum Gasteiger partial charge on any atom is -0.497 e. The highest BCUT2D eigenvalue weighted by atomic mass is 79.9. The van der Waals surface area contributed by atoms with E-state index in [-0.39, 0.29) is 23.5 Å². The third-order valence-electron chi connectivity index (χ3n) is 4.85. The van der Waals surface area contributed by atoms with Gasteiger partial charge in [0.1, 0.15) is 5.75 Å². The van der Waals surface area contributed by atoms with Crippen LogP contribution in [0, 0.1) is 11.8 Å². The first-order valence-electron chi connectivity index (χ1n) is 6.85. The molecule has 3 unspecified atom stereocenters. The molecule has 0 N–H and O–H groups in total. The number of ether oxygens (including phenoxy) is 2. The van der Waals surface area contributed by atoms with E-state index in [4.69, 9.17) is 9.47 Å². The highest BCUT2D eigenvalue weighted by molar-refractivity contribution is 9.11. The first-order chi connectivity index (χ1) is 9.65. The number of ketones is 1. The number of Topliss-reactive ketones (excluding diaryl/α,β-unsaturated/α-hetero) is 1. The maximum absolute atomic E-state index is 12.6. The van der Waals surface area contributed by atoms with Crippen LogP contribution in [0.1, 0.15) is 17.9 Å². The van der Waals surface area contributed by atoms with Gasteiger partial charge in [0.25, 0.3) is 0 Å². The number of hydrogen-bond donors (Lipinski definition) is 0. The van der Waals surface area contributed by atoms with E-state index in [2.05, 4.69) is 28.1 Å². The topological polar surface area (TPSA) is 38.8 Å². The van der Waals surface area contributed by atoms with Crippen molar-refractivity contribution in [3.8, 4) is 5.75 Å². The second kappa shape index (κ2) is 4.18. The number of epoxide rings is 1. The van der Waals surface area contributed by atoms with Gasteiger partial charge < -0.3 is 9.47 Å². The second-order valence-electron chi connectivity index (χ2n) is 5.79. The van der Waals surface area contributed by atoms with E-state index in [9.17, 15) is 4.79 Å². The van der Waals surface area contributed by atoms with E-state index in [1.54, 1.807) is 7.11 Å². The lowest BCUT2D eigenvalue weighted by molar-refractivity contribution is -0.132. The van der Waals surface area contributed by atoms with Crippen molar-refractivity contribution >= 4 is 21.7 Å². The van der Waals surface area contributed by atoms with Crippen LogP contribution in [-0.4, -0.2) is 25.1 Å². The van der Waals surface area contributed by atoms with Crippen molar-refractivity contribution in [3.05, 3.63) is 40.4 Å². The van der Waals surface area contributed by atoms with Crippen molar-refractivity contribution in [2.45, 2.75) is 17.9 Å². The number of halogens is 1. The van der Waals surface area contributed by atoms with Gasteiger partial charge >= 0.3 is 0 Å². The Bertz CT molecular complexity index is 618. The van der Waals surface area contributed by atoms with E-state index >= 15 is 0 Å². The second-order valence-corrected chi connectivity index (χ2v) is 6.71. The summed E-state index contributed by atoms with van der Waals surface area (Å²) in [5, 5.41) is 0. The Morgan fingerprint density at radius 3 is 2.95 bits per heavy atom. The third-order valence-corrected chi connectivity index (χ3v) is 5.67. The first-order valence-corrected chi connectivity index (χ1v) is 7.64. The summed E-state index contributed by atoms with van der Waals surface area (Å²) in [4.78, 5) is 12.6. The van der Waals surface area contributed by atoms with Gasteiger partial charge in [-0.25, -0.2) is 0 Å². The molecule has 104 valence electrons. The number of methoxy groups -OCH3 is 1. The Morgan fingerprint density at radius 1 is 1.45 bits per heavy atom. The largest absolute Gasteiger partial charge is 0.497 e. The summed E-state index contributed by atoms with van der Waals surface area (Å²) in [6.07, 6.45) is 3.04. The van der Waals surface area contributed by atoms with Gasteiger partial charge in [0.15, 0.2) is 11.4 Å². The van der Waals surface area contributed by atoms with Crippen LogP contribution in [0.15, 0.2) is 34.8 Å². The molecule has 5 rings (SSSR count). The molecular weight excluding hydrogens is 320 g/mol. The Morgan fingerprint density at radius 2 is 2.25 bits per heavy atom. The molecule has 0 radical (unpaired) electrons. The third kappa shape index (κ3) is 1.58. The minimum atomic E-state index is -0.506. The van der Waals surface area contributed by atoms with Gasteiger partial charge in [-0.3, -0.25) is 4.79 Å². The molecule has 1 aromatic rings.